The van der Waals surface area contributed by atoms with Gasteiger partial charge in [-0.1, -0.05) is 24.3 Å². The second-order valence-electron chi connectivity index (χ2n) is 5.99. The summed E-state index contributed by atoms with van der Waals surface area (Å²) >= 11 is 2.25. The number of aromatic amines is 1. The molecule has 4 rings (SSSR count). The predicted molar refractivity (Wildman–Crippen MR) is 106 cm³/mol. The third-order valence-electron chi connectivity index (χ3n) is 4.52. The SMILES string of the molecule is O=C(c1ccc(I)cc1)N1CC=C(c2c[nH]c3ccccc23)CC1. The molecule has 3 aromatic rings. The van der Waals surface area contributed by atoms with E-state index in [1.165, 1.54) is 16.5 Å². The van der Waals surface area contributed by atoms with Gasteiger partial charge in [-0.3, -0.25) is 4.79 Å². The van der Waals surface area contributed by atoms with Crippen LogP contribution in [-0.4, -0.2) is 28.9 Å². The van der Waals surface area contributed by atoms with Crippen molar-refractivity contribution in [2.24, 2.45) is 0 Å². The minimum Gasteiger partial charge on any atom is -0.361 e. The maximum absolute atomic E-state index is 12.6. The van der Waals surface area contributed by atoms with Crippen LogP contribution in [0, 0.1) is 3.57 Å². The molecule has 0 unspecified atom stereocenters. The molecule has 0 bridgehead atoms. The summed E-state index contributed by atoms with van der Waals surface area (Å²) in [7, 11) is 0. The quantitative estimate of drug-likeness (QED) is 0.591. The summed E-state index contributed by atoms with van der Waals surface area (Å²) in [5, 5.41) is 1.25. The number of nitrogens with one attached hydrogen (secondary N) is 1. The molecule has 0 aliphatic carbocycles. The van der Waals surface area contributed by atoms with Crippen molar-refractivity contribution in [2.75, 3.05) is 13.1 Å². The molecule has 1 aliphatic rings. The lowest BCUT2D eigenvalue weighted by atomic mass is 9.98. The average molecular weight is 428 g/mol. The number of amides is 1. The van der Waals surface area contributed by atoms with Gasteiger partial charge in [-0.15, -0.1) is 0 Å². The van der Waals surface area contributed by atoms with Crippen molar-refractivity contribution < 1.29 is 4.79 Å². The number of benzene rings is 2. The molecule has 1 aliphatic heterocycles. The predicted octanol–water partition coefficient (Wildman–Crippen LogP) is 4.70. The van der Waals surface area contributed by atoms with Crippen LogP contribution in [0.3, 0.4) is 0 Å². The molecule has 24 heavy (non-hydrogen) atoms. The van der Waals surface area contributed by atoms with Crippen LogP contribution in [0.5, 0.6) is 0 Å². The molecule has 1 amide bonds. The fourth-order valence-electron chi connectivity index (χ4n) is 3.21. The van der Waals surface area contributed by atoms with Gasteiger partial charge in [-0.25, -0.2) is 0 Å². The van der Waals surface area contributed by atoms with Crippen molar-refractivity contribution in [3.63, 3.8) is 0 Å². The molecular weight excluding hydrogens is 411 g/mol. The van der Waals surface area contributed by atoms with E-state index in [0.717, 1.165) is 27.6 Å². The van der Waals surface area contributed by atoms with E-state index in [2.05, 4.69) is 58.0 Å². The maximum Gasteiger partial charge on any atom is 0.254 e. The van der Waals surface area contributed by atoms with Crippen LogP contribution in [0.1, 0.15) is 22.3 Å². The topological polar surface area (TPSA) is 36.1 Å². The number of rotatable bonds is 2. The Balaban J connectivity index is 1.55. The summed E-state index contributed by atoms with van der Waals surface area (Å²) < 4.78 is 1.14. The molecule has 0 saturated heterocycles. The van der Waals surface area contributed by atoms with E-state index < -0.39 is 0 Å². The zero-order valence-corrected chi connectivity index (χ0v) is 15.3. The Kier molecular flexibility index (Phi) is 4.14. The van der Waals surface area contributed by atoms with Gasteiger partial charge in [0.1, 0.15) is 0 Å². The number of fused-ring (bicyclic) bond motifs is 1. The van der Waals surface area contributed by atoms with E-state index in [-0.39, 0.29) is 5.91 Å². The molecule has 0 atom stereocenters. The average Bonchev–Trinajstić information content (AvgIpc) is 3.06. The fraction of sp³-hybridized carbons (Fsp3) is 0.150. The van der Waals surface area contributed by atoms with Crippen LogP contribution in [0.25, 0.3) is 16.5 Å². The number of hydrogen-bond donors (Lipinski definition) is 1. The highest BCUT2D eigenvalue weighted by Crippen LogP contribution is 2.29. The minimum atomic E-state index is 0.112. The lowest BCUT2D eigenvalue weighted by Crippen LogP contribution is -2.34. The molecule has 1 N–H and O–H groups in total. The standard InChI is InChI=1S/C20H17IN2O/c21-16-7-5-15(6-8-16)20(24)23-11-9-14(10-12-23)18-13-22-19-4-2-1-3-17(18)19/h1-9,13,22H,10-12H2. The maximum atomic E-state index is 12.6. The van der Waals surface area contributed by atoms with Crippen LogP contribution >= 0.6 is 22.6 Å². The molecule has 1 aromatic heterocycles. The van der Waals surface area contributed by atoms with Crippen molar-refractivity contribution in [1.82, 2.24) is 9.88 Å². The lowest BCUT2D eigenvalue weighted by molar-refractivity contribution is 0.0773. The summed E-state index contributed by atoms with van der Waals surface area (Å²) in [6.45, 7) is 1.43. The number of hydrogen-bond acceptors (Lipinski definition) is 1. The first kappa shape index (κ1) is 15.4. The third kappa shape index (κ3) is 2.86. The molecule has 4 heteroatoms. The Labute approximate surface area is 154 Å². The molecule has 2 heterocycles. The zero-order chi connectivity index (χ0) is 16.5. The monoisotopic (exact) mass is 428 g/mol. The highest BCUT2D eigenvalue weighted by atomic mass is 127. The summed E-state index contributed by atoms with van der Waals surface area (Å²) in [5.41, 5.74) is 4.50. The van der Waals surface area contributed by atoms with Crippen molar-refractivity contribution in [1.29, 1.82) is 0 Å². The summed E-state index contributed by atoms with van der Waals surface area (Å²) in [6, 6.07) is 16.1. The molecule has 120 valence electrons. The Bertz CT molecular complexity index is 924. The van der Waals surface area contributed by atoms with Gasteiger partial charge in [0.25, 0.3) is 5.91 Å². The molecule has 3 nitrogen and oxygen atoms in total. The van der Waals surface area contributed by atoms with Gasteiger partial charge in [0, 0.05) is 44.9 Å². The highest BCUT2D eigenvalue weighted by Gasteiger charge is 2.20. The lowest BCUT2D eigenvalue weighted by Gasteiger charge is -2.26. The van der Waals surface area contributed by atoms with Crippen molar-refractivity contribution in [3.05, 3.63) is 75.5 Å². The van der Waals surface area contributed by atoms with E-state index in [9.17, 15) is 4.79 Å². The van der Waals surface area contributed by atoms with Crippen LogP contribution in [-0.2, 0) is 0 Å². The third-order valence-corrected chi connectivity index (χ3v) is 5.24. The second kappa shape index (κ2) is 6.43. The number of aromatic nitrogens is 1. The van der Waals surface area contributed by atoms with Crippen LogP contribution in [0.15, 0.2) is 60.8 Å². The second-order valence-corrected chi connectivity index (χ2v) is 7.23. The van der Waals surface area contributed by atoms with E-state index in [1.54, 1.807) is 0 Å². The summed E-state index contributed by atoms with van der Waals surface area (Å²) in [5.74, 6) is 0.112. The van der Waals surface area contributed by atoms with Crippen LogP contribution in [0.4, 0.5) is 0 Å². The van der Waals surface area contributed by atoms with Gasteiger partial charge >= 0.3 is 0 Å². The Hall–Kier alpha value is -2.08. The van der Waals surface area contributed by atoms with E-state index in [0.29, 0.717) is 6.54 Å². The number of carbonyl (C=O) groups excluding carboxylic acids is 1. The molecule has 0 fully saturated rings. The van der Waals surface area contributed by atoms with Gasteiger partial charge in [0.15, 0.2) is 0 Å². The number of H-pyrrole nitrogens is 1. The van der Waals surface area contributed by atoms with Crippen LogP contribution in [0.2, 0.25) is 0 Å². The van der Waals surface area contributed by atoms with Crippen LogP contribution < -0.4 is 0 Å². The molecule has 0 radical (unpaired) electrons. The summed E-state index contributed by atoms with van der Waals surface area (Å²) in [6.07, 6.45) is 5.15. The molecule has 0 saturated carbocycles. The van der Waals surface area contributed by atoms with Gasteiger partial charge in [-0.05, 0) is 64.9 Å². The van der Waals surface area contributed by atoms with E-state index >= 15 is 0 Å². The highest BCUT2D eigenvalue weighted by molar-refractivity contribution is 14.1. The van der Waals surface area contributed by atoms with Gasteiger partial charge in [0.05, 0.1) is 0 Å². The normalized spacial score (nSPS) is 14.7. The first-order chi connectivity index (χ1) is 11.7. The number of nitrogens with zero attached hydrogens (tertiary/aromatic N) is 1. The smallest absolute Gasteiger partial charge is 0.254 e. The number of carbonyl (C=O) groups is 1. The van der Waals surface area contributed by atoms with Crippen molar-refractivity contribution in [3.8, 4) is 0 Å². The molecular formula is C20H17IN2O. The Morgan fingerprint density at radius 1 is 1.08 bits per heavy atom. The zero-order valence-electron chi connectivity index (χ0n) is 13.1. The molecule has 0 spiro atoms. The fourth-order valence-corrected chi connectivity index (χ4v) is 3.57. The van der Waals surface area contributed by atoms with Crippen molar-refractivity contribution >= 4 is 45.0 Å². The van der Waals surface area contributed by atoms with E-state index in [1.807, 2.05) is 35.2 Å². The first-order valence-electron chi connectivity index (χ1n) is 8.03. The largest absolute Gasteiger partial charge is 0.361 e. The first-order valence-corrected chi connectivity index (χ1v) is 9.10. The number of halogens is 1. The van der Waals surface area contributed by atoms with Crippen molar-refractivity contribution in [2.45, 2.75) is 6.42 Å². The number of para-hydroxylation sites is 1. The van der Waals surface area contributed by atoms with Gasteiger partial charge in [-0.2, -0.15) is 0 Å². The Morgan fingerprint density at radius 3 is 2.62 bits per heavy atom. The summed E-state index contributed by atoms with van der Waals surface area (Å²) in [4.78, 5) is 17.9. The molecule has 2 aromatic carbocycles. The minimum absolute atomic E-state index is 0.112. The van der Waals surface area contributed by atoms with E-state index in [4.69, 9.17) is 0 Å². The van der Waals surface area contributed by atoms with Gasteiger partial charge in [0.2, 0.25) is 0 Å². The Morgan fingerprint density at radius 2 is 1.88 bits per heavy atom. The van der Waals surface area contributed by atoms with Gasteiger partial charge < -0.3 is 9.88 Å².